The normalized spacial score (nSPS) is 10.2. The van der Waals surface area contributed by atoms with Crippen molar-refractivity contribution in [2.75, 3.05) is 11.1 Å². The van der Waals surface area contributed by atoms with E-state index in [1.54, 1.807) is 12.1 Å². The van der Waals surface area contributed by atoms with Gasteiger partial charge in [0.25, 0.3) is 0 Å². The lowest BCUT2D eigenvalue weighted by Crippen LogP contribution is -2.15. The van der Waals surface area contributed by atoms with Crippen molar-refractivity contribution >= 4 is 28.9 Å². The van der Waals surface area contributed by atoms with Crippen molar-refractivity contribution in [3.8, 4) is 0 Å². The second kappa shape index (κ2) is 5.76. The lowest BCUT2D eigenvalue weighted by Gasteiger charge is -2.09. The number of anilines is 2. The Bertz CT molecular complexity index is 611. The first-order valence-electron chi connectivity index (χ1n) is 5.95. The average Bonchev–Trinajstić information content (AvgIpc) is 2.37. The number of carbonyl (C=O) groups is 1. The highest BCUT2D eigenvalue weighted by Gasteiger charge is 2.08. The number of carbonyl (C=O) groups excluding carboxylic acids is 1. The molecule has 0 saturated heterocycles. The maximum atomic E-state index is 12.0. The molecular weight excluding hydrogens is 260 g/mol. The number of nitrogens with one attached hydrogen (secondary N) is 1. The molecule has 0 saturated carbocycles. The van der Waals surface area contributed by atoms with E-state index in [1.165, 1.54) is 0 Å². The minimum atomic E-state index is -0.134. The van der Waals surface area contributed by atoms with Crippen LogP contribution in [0.15, 0.2) is 42.5 Å². The zero-order chi connectivity index (χ0) is 13.8. The fourth-order valence-corrected chi connectivity index (χ4v) is 1.99. The average molecular weight is 275 g/mol. The molecule has 0 atom stereocenters. The Hall–Kier alpha value is -2.00. The van der Waals surface area contributed by atoms with E-state index in [0.29, 0.717) is 16.4 Å². The molecule has 0 heterocycles. The topological polar surface area (TPSA) is 55.1 Å². The van der Waals surface area contributed by atoms with Gasteiger partial charge in [-0.15, -0.1) is 0 Å². The molecule has 2 rings (SSSR count). The highest BCUT2D eigenvalue weighted by atomic mass is 35.5. The van der Waals surface area contributed by atoms with Crippen LogP contribution in [0.4, 0.5) is 11.4 Å². The van der Waals surface area contributed by atoms with E-state index in [0.717, 1.165) is 11.1 Å². The maximum Gasteiger partial charge on any atom is 0.228 e. The van der Waals surface area contributed by atoms with Gasteiger partial charge < -0.3 is 11.1 Å². The molecule has 0 aliphatic heterocycles. The molecular formula is C15H15ClN2O. The molecule has 2 aromatic rings. The zero-order valence-electron chi connectivity index (χ0n) is 10.6. The number of halogens is 1. The summed E-state index contributed by atoms with van der Waals surface area (Å²) in [7, 11) is 0. The van der Waals surface area contributed by atoms with E-state index < -0.39 is 0 Å². The van der Waals surface area contributed by atoms with Crippen molar-refractivity contribution in [2.24, 2.45) is 0 Å². The Balaban J connectivity index is 2.10. The molecule has 0 radical (unpaired) electrons. The maximum absolute atomic E-state index is 12.0. The van der Waals surface area contributed by atoms with Crippen LogP contribution in [0.2, 0.25) is 5.02 Å². The summed E-state index contributed by atoms with van der Waals surface area (Å²) in [6.45, 7) is 1.95. The van der Waals surface area contributed by atoms with Gasteiger partial charge in [0.15, 0.2) is 0 Å². The van der Waals surface area contributed by atoms with Gasteiger partial charge in [-0.1, -0.05) is 35.9 Å². The van der Waals surface area contributed by atoms with Crippen LogP contribution < -0.4 is 11.1 Å². The number of aryl methyl sites for hydroxylation is 1. The third-order valence-corrected chi connectivity index (χ3v) is 3.16. The number of hydrogen-bond acceptors (Lipinski definition) is 2. The van der Waals surface area contributed by atoms with Crippen molar-refractivity contribution in [2.45, 2.75) is 13.3 Å². The van der Waals surface area contributed by atoms with Gasteiger partial charge in [0.2, 0.25) is 5.91 Å². The van der Waals surface area contributed by atoms with Gasteiger partial charge in [0.05, 0.1) is 17.8 Å². The molecule has 0 unspecified atom stereocenters. The molecule has 0 aliphatic carbocycles. The van der Waals surface area contributed by atoms with Gasteiger partial charge in [0, 0.05) is 5.02 Å². The summed E-state index contributed by atoms with van der Waals surface area (Å²) in [5.41, 5.74) is 8.85. The van der Waals surface area contributed by atoms with E-state index in [2.05, 4.69) is 5.32 Å². The van der Waals surface area contributed by atoms with Crippen molar-refractivity contribution < 1.29 is 4.79 Å². The van der Waals surface area contributed by atoms with Crippen molar-refractivity contribution in [3.63, 3.8) is 0 Å². The van der Waals surface area contributed by atoms with Gasteiger partial charge in [-0.2, -0.15) is 0 Å². The molecule has 0 aromatic heterocycles. The van der Waals surface area contributed by atoms with E-state index in [1.807, 2.05) is 37.3 Å². The van der Waals surface area contributed by atoms with Gasteiger partial charge in [-0.05, 0) is 36.2 Å². The van der Waals surface area contributed by atoms with Crippen LogP contribution in [-0.2, 0) is 11.2 Å². The second-order valence-corrected chi connectivity index (χ2v) is 4.81. The number of nitrogens with two attached hydrogens (primary N) is 1. The minimum Gasteiger partial charge on any atom is -0.397 e. The van der Waals surface area contributed by atoms with Gasteiger partial charge >= 0.3 is 0 Å². The summed E-state index contributed by atoms with van der Waals surface area (Å²) in [6, 6.07) is 12.8. The van der Waals surface area contributed by atoms with Gasteiger partial charge in [0.1, 0.15) is 0 Å². The Morgan fingerprint density at radius 3 is 2.74 bits per heavy atom. The van der Waals surface area contributed by atoms with Crippen molar-refractivity contribution in [1.29, 1.82) is 0 Å². The Morgan fingerprint density at radius 2 is 2.00 bits per heavy atom. The van der Waals surface area contributed by atoms with E-state index in [4.69, 9.17) is 17.3 Å². The fraction of sp³-hybridized carbons (Fsp3) is 0.133. The Morgan fingerprint density at radius 1 is 1.26 bits per heavy atom. The summed E-state index contributed by atoms with van der Waals surface area (Å²) >= 11 is 6.02. The summed E-state index contributed by atoms with van der Waals surface area (Å²) in [4.78, 5) is 12.0. The number of nitrogen functional groups attached to an aromatic ring is 1. The predicted octanol–water partition coefficient (Wildman–Crippen LogP) is 3.41. The Labute approximate surface area is 117 Å². The quantitative estimate of drug-likeness (QED) is 0.843. The summed E-state index contributed by atoms with van der Waals surface area (Å²) in [5.74, 6) is -0.134. The third kappa shape index (κ3) is 3.48. The molecule has 0 aliphatic rings. The largest absolute Gasteiger partial charge is 0.397 e. The zero-order valence-corrected chi connectivity index (χ0v) is 11.4. The van der Waals surface area contributed by atoms with Crippen LogP contribution in [0.3, 0.4) is 0 Å². The molecule has 0 spiro atoms. The standard InChI is InChI=1S/C15H15ClN2O/c1-10-6-7-13(17)14(8-10)18-15(19)9-11-4-2-3-5-12(11)16/h2-8H,9,17H2,1H3,(H,18,19). The first-order valence-corrected chi connectivity index (χ1v) is 6.33. The highest BCUT2D eigenvalue weighted by molar-refractivity contribution is 6.31. The fourth-order valence-electron chi connectivity index (χ4n) is 1.79. The van der Waals surface area contributed by atoms with E-state index in [-0.39, 0.29) is 12.3 Å². The highest BCUT2D eigenvalue weighted by Crippen LogP contribution is 2.21. The molecule has 0 fully saturated rings. The van der Waals surface area contributed by atoms with Crippen LogP contribution >= 0.6 is 11.6 Å². The first-order chi connectivity index (χ1) is 9.06. The molecule has 0 bridgehead atoms. The summed E-state index contributed by atoms with van der Waals surface area (Å²) in [5, 5.41) is 3.40. The molecule has 98 valence electrons. The van der Waals surface area contributed by atoms with E-state index in [9.17, 15) is 4.79 Å². The predicted molar refractivity (Wildman–Crippen MR) is 79.4 cm³/mol. The van der Waals surface area contributed by atoms with Gasteiger partial charge in [-0.3, -0.25) is 4.79 Å². The number of hydrogen-bond donors (Lipinski definition) is 2. The second-order valence-electron chi connectivity index (χ2n) is 4.41. The van der Waals surface area contributed by atoms with Crippen LogP contribution in [-0.4, -0.2) is 5.91 Å². The van der Waals surface area contributed by atoms with Crippen LogP contribution in [0, 0.1) is 6.92 Å². The third-order valence-electron chi connectivity index (χ3n) is 2.79. The van der Waals surface area contributed by atoms with Crippen LogP contribution in [0.5, 0.6) is 0 Å². The smallest absolute Gasteiger partial charge is 0.228 e. The SMILES string of the molecule is Cc1ccc(N)c(NC(=O)Cc2ccccc2Cl)c1. The van der Waals surface area contributed by atoms with Crippen molar-refractivity contribution in [1.82, 2.24) is 0 Å². The molecule has 4 heteroatoms. The summed E-state index contributed by atoms with van der Waals surface area (Å²) < 4.78 is 0. The number of benzene rings is 2. The number of rotatable bonds is 3. The van der Waals surface area contributed by atoms with Crippen LogP contribution in [0.1, 0.15) is 11.1 Å². The molecule has 1 amide bonds. The lowest BCUT2D eigenvalue weighted by atomic mass is 10.1. The Kier molecular flexibility index (Phi) is 4.07. The summed E-state index contributed by atoms with van der Waals surface area (Å²) in [6.07, 6.45) is 0.229. The molecule has 3 N–H and O–H groups in total. The monoisotopic (exact) mass is 274 g/mol. The minimum absolute atomic E-state index is 0.134. The number of amides is 1. The van der Waals surface area contributed by atoms with Gasteiger partial charge in [-0.25, -0.2) is 0 Å². The van der Waals surface area contributed by atoms with Crippen LogP contribution in [0.25, 0.3) is 0 Å². The lowest BCUT2D eigenvalue weighted by molar-refractivity contribution is -0.115. The van der Waals surface area contributed by atoms with Crippen molar-refractivity contribution in [3.05, 3.63) is 58.6 Å². The first kappa shape index (κ1) is 13.4. The molecule has 2 aromatic carbocycles. The van der Waals surface area contributed by atoms with E-state index >= 15 is 0 Å². The molecule has 3 nitrogen and oxygen atoms in total. The molecule has 19 heavy (non-hydrogen) atoms.